The third-order valence-electron chi connectivity index (χ3n) is 4.48. The van der Waals surface area contributed by atoms with Crippen molar-refractivity contribution < 1.29 is 19.4 Å². The van der Waals surface area contributed by atoms with E-state index in [-0.39, 0.29) is 0 Å². The molecule has 0 aliphatic heterocycles. The van der Waals surface area contributed by atoms with E-state index in [4.69, 9.17) is 4.74 Å². The van der Waals surface area contributed by atoms with Gasteiger partial charge in [0.05, 0.1) is 11.0 Å². The van der Waals surface area contributed by atoms with Gasteiger partial charge in [-0.15, -0.1) is 0 Å². The van der Waals surface area contributed by atoms with Crippen LogP contribution in [0.3, 0.4) is 0 Å². The predicted octanol–water partition coefficient (Wildman–Crippen LogP) is 2.69. The van der Waals surface area contributed by atoms with E-state index in [9.17, 15) is 14.7 Å². The van der Waals surface area contributed by atoms with Crippen LogP contribution in [0.1, 0.15) is 59.3 Å². The molecule has 5 heteroatoms. The lowest BCUT2D eigenvalue weighted by Gasteiger charge is -2.38. The number of carbonyl (C=O) groups is 2. The monoisotopic (exact) mass is 269 g/mol. The Labute approximate surface area is 113 Å². The smallest absolute Gasteiger partial charge is 0.408 e. The number of nitrogens with one attached hydrogen (secondary N) is 1. The second-order valence-corrected chi connectivity index (χ2v) is 6.80. The van der Waals surface area contributed by atoms with Crippen LogP contribution in [0.2, 0.25) is 0 Å². The van der Waals surface area contributed by atoms with Crippen molar-refractivity contribution in [3.8, 4) is 0 Å². The Bertz CT molecular complexity index is 387. The fourth-order valence-corrected chi connectivity index (χ4v) is 3.75. The summed E-state index contributed by atoms with van der Waals surface area (Å²) in [5.74, 6) is -0.779. The van der Waals surface area contributed by atoms with Gasteiger partial charge in [0.15, 0.2) is 0 Å². The summed E-state index contributed by atoms with van der Waals surface area (Å²) in [5, 5.41) is 12.5. The molecule has 19 heavy (non-hydrogen) atoms. The Balaban J connectivity index is 2.17. The Morgan fingerprint density at radius 1 is 1.11 bits per heavy atom. The summed E-state index contributed by atoms with van der Waals surface area (Å²) >= 11 is 0. The second-order valence-electron chi connectivity index (χ2n) is 6.80. The third kappa shape index (κ3) is 2.30. The van der Waals surface area contributed by atoms with Crippen LogP contribution in [0.5, 0.6) is 0 Å². The number of fused-ring (bicyclic) bond motifs is 1. The molecule has 0 atom stereocenters. The van der Waals surface area contributed by atoms with Crippen LogP contribution >= 0.6 is 0 Å². The van der Waals surface area contributed by atoms with Gasteiger partial charge in [-0.3, -0.25) is 4.79 Å². The first-order chi connectivity index (χ1) is 8.71. The lowest BCUT2D eigenvalue weighted by molar-refractivity contribution is -0.151. The van der Waals surface area contributed by atoms with Gasteiger partial charge < -0.3 is 15.2 Å². The van der Waals surface area contributed by atoms with Crippen LogP contribution in [0.15, 0.2) is 0 Å². The minimum Gasteiger partial charge on any atom is -0.481 e. The molecule has 2 aliphatic rings. The number of carboxylic acid groups (broad SMARTS) is 1. The predicted molar refractivity (Wildman–Crippen MR) is 69.9 cm³/mol. The summed E-state index contributed by atoms with van der Waals surface area (Å²) in [6.45, 7) is 5.41. The summed E-state index contributed by atoms with van der Waals surface area (Å²) in [4.78, 5) is 23.7. The summed E-state index contributed by atoms with van der Waals surface area (Å²) in [6, 6.07) is 0. The number of amides is 1. The molecule has 5 nitrogen and oxygen atoms in total. The number of ether oxygens (including phenoxy) is 1. The molecule has 1 amide bonds. The largest absolute Gasteiger partial charge is 0.481 e. The van der Waals surface area contributed by atoms with E-state index in [1.165, 1.54) is 0 Å². The first-order valence-corrected chi connectivity index (χ1v) is 6.95. The Morgan fingerprint density at radius 2 is 1.63 bits per heavy atom. The Hall–Kier alpha value is -1.26. The van der Waals surface area contributed by atoms with Crippen molar-refractivity contribution in [2.75, 3.05) is 0 Å². The third-order valence-corrected chi connectivity index (χ3v) is 4.48. The van der Waals surface area contributed by atoms with E-state index in [1.54, 1.807) is 20.8 Å². The molecular formula is C14H23NO4. The van der Waals surface area contributed by atoms with Gasteiger partial charge in [0.2, 0.25) is 0 Å². The number of aliphatic carboxylic acids is 1. The highest BCUT2D eigenvalue weighted by molar-refractivity contribution is 5.80. The summed E-state index contributed by atoms with van der Waals surface area (Å²) < 4.78 is 5.28. The molecular weight excluding hydrogens is 246 g/mol. The van der Waals surface area contributed by atoms with Gasteiger partial charge >= 0.3 is 12.1 Å². The fraction of sp³-hybridized carbons (Fsp3) is 0.857. The first-order valence-electron chi connectivity index (χ1n) is 6.95. The zero-order valence-electron chi connectivity index (χ0n) is 11.9. The van der Waals surface area contributed by atoms with Crippen molar-refractivity contribution in [1.82, 2.24) is 5.32 Å². The van der Waals surface area contributed by atoms with Crippen molar-refractivity contribution in [3.05, 3.63) is 0 Å². The number of carboxylic acids is 1. The second kappa shape index (κ2) is 4.39. The molecule has 2 aliphatic carbocycles. The zero-order chi connectivity index (χ0) is 14.3. The average Bonchev–Trinajstić information content (AvgIpc) is 2.68. The molecule has 0 saturated heterocycles. The molecule has 0 spiro atoms. The van der Waals surface area contributed by atoms with Gasteiger partial charge in [0.1, 0.15) is 5.60 Å². The van der Waals surface area contributed by atoms with Crippen molar-refractivity contribution in [2.45, 2.75) is 70.4 Å². The lowest BCUT2D eigenvalue weighted by atomic mass is 9.74. The molecule has 2 fully saturated rings. The fourth-order valence-electron chi connectivity index (χ4n) is 3.75. The summed E-state index contributed by atoms with van der Waals surface area (Å²) in [7, 11) is 0. The normalized spacial score (nSPS) is 33.8. The number of hydrogen-bond donors (Lipinski definition) is 2. The first kappa shape index (κ1) is 14.2. The number of alkyl carbamates (subject to hydrolysis) is 1. The van der Waals surface area contributed by atoms with E-state index in [1.807, 2.05) is 0 Å². The van der Waals surface area contributed by atoms with Gasteiger partial charge in [0.25, 0.3) is 0 Å². The highest BCUT2D eigenvalue weighted by Gasteiger charge is 2.63. The molecule has 0 heterocycles. The molecule has 0 aromatic rings. The Morgan fingerprint density at radius 3 is 2.05 bits per heavy atom. The van der Waals surface area contributed by atoms with E-state index in [0.717, 1.165) is 25.7 Å². The van der Waals surface area contributed by atoms with Crippen molar-refractivity contribution in [2.24, 2.45) is 5.41 Å². The SMILES string of the molecule is CC(C)(C)OC(=O)NC12CCCC1(C(=O)O)CCC2. The van der Waals surface area contributed by atoms with Crippen LogP contribution in [0.25, 0.3) is 0 Å². The molecule has 0 aromatic heterocycles. The van der Waals surface area contributed by atoms with Crippen molar-refractivity contribution >= 4 is 12.1 Å². The maximum Gasteiger partial charge on any atom is 0.408 e. The average molecular weight is 269 g/mol. The maximum absolute atomic E-state index is 12.0. The number of rotatable bonds is 2. The minimum atomic E-state index is -0.788. The highest BCUT2D eigenvalue weighted by Crippen LogP contribution is 2.57. The van der Waals surface area contributed by atoms with E-state index in [0.29, 0.717) is 12.8 Å². The standard InChI is InChI=1S/C14H23NO4/c1-12(2,3)19-11(18)15-14-8-4-6-13(14,10(16)17)7-5-9-14/h4-9H2,1-3H3,(H,15,18)(H,16,17). The van der Waals surface area contributed by atoms with Crippen LogP contribution in [0.4, 0.5) is 4.79 Å². The zero-order valence-corrected chi connectivity index (χ0v) is 11.9. The molecule has 0 bridgehead atoms. The molecule has 2 saturated carbocycles. The van der Waals surface area contributed by atoms with Gasteiger partial charge in [-0.1, -0.05) is 0 Å². The molecule has 2 rings (SSSR count). The molecule has 0 unspecified atom stereocenters. The maximum atomic E-state index is 12.0. The van der Waals surface area contributed by atoms with Crippen molar-refractivity contribution in [3.63, 3.8) is 0 Å². The molecule has 0 radical (unpaired) electrons. The lowest BCUT2D eigenvalue weighted by Crippen LogP contribution is -2.57. The highest BCUT2D eigenvalue weighted by atomic mass is 16.6. The summed E-state index contributed by atoms with van der Waals surface area (Å²) in [6.07, 6.45) is 3.97. The van der Waals surface area contributed by atoms with Gasteiger partial charge in [-0.25, -0.2) is 4.79 Å². The van der Waals surface area contributed by atoms with E-state index < -0.39 is 28.6 Å². The topological polar surface area (TPSA) is 75.6 Å². The van der Waals surface area contributed by atoms with Crippen LogP contribution in [0, 0.1) is 5.41 Å². The van der Waals surface area contributed by atoms with Crippen molar-refractivity contribution in [1.29, 1.82) is 0 Å². The molecule has 2 N–H and O–H groups in total. The molecule has 108 valence electrons. The van der Waals surface area contributed by atoms with Gasteiger partial charge in [-0.05, 0) is 59.3 Å². The minimum absolute atomic E-state index is 0.498. The Kier molecular flexibility index (Phi) is 3.27. The van der Waals surface area contributed by atoms with E-state index >= 15 is 0 Å². The van der Waals surface area contributed by atoms with E-state index in [2.05, 4.69) is 5.32 Å². The number of carbonyl (C=O) groups excluding carboxylic acids is 1. The molecule has 0 aromatic carbocycles. The van der Waals surface area contributed by atoms with Crippen LogP contribution < -0.4 is 5.32 Å². The summed E-state index contributed by atoms with van der Waals surface area (Å²) in [5.41, 5.74) is -1.96. The van der Waals surface area contributed by atoms with Crippen LogP contribution in [-0.4, -0.2) is 28.3 Å². The van der Waals surface area contributed by atoms with Gasteiger partial charge in [-0.2, -0.15) is 0 Å². The van der Waals surface area contributed by atoms with Crippen LogP contribution in [-0.2, 0) is 9.53 Å². The quantitative estimate of drug-likeness (QED) is 0.808. The number of hydrogen-bond acceptors (Lipinski definition) is 3. The van der Waals surface area contributed by atoms with Gasteiger partial charge in [0, 0.05) is 0 Å².